The van der Waals surface area contributed by atoms with Crippen molar-refractivity contribution < 1.29 is 24.2 Å². The third kappa shape index (κ3) is 5.49. The van der Waals surface area contributed by atoms with Crippen LogP contribution in [0.3, 0.4) is 0 Å². The Bertz CT molecular complexity index is 636. The van der Waals surface area contributed by atoms with Gasteiger partial charge in [-0.2, -0.15) is 0 Å². The highest BCUT2D eigenvalue weighted by molar-refractivity contribution is 8.14. The molecule has 2 unspecified atom stereocenters. The molecule has 0 spiro atoms. The maximum Gasteiger partial charge on any atom is 0.407 e. The topological polar surface area (TPSA) is 92.7 Å². The Morgan fingerprint density at radius 1 is 1.31 bits per heavy atom. The number of aliphatic carboxylic acids is 1. The summed E-state index contributed by atoms with van der Waals surface area (Å²) < 4.78 is 5.13. The first-order valence-corrected chi connectivity index (χ1v) is 9.67. The molecule has 0 saturated heterocycles. The van der Waals surface area contributed by atoms with Crippen LogP contribution in [0.5, 0.6) is 0 Å². The van der Waals surface area contributed by atoms with E-state index in [0.717, 1.165) is 30.2 Å². The number of hydrogen-bond donors (Lipinski definition) is 2. The highest BCUT2D eigenvalue weighted by Gasteiger charge is 2.49. The molecular formula is C19H25NO5S. The lowest BCUT2D eigenvalue weighted by Gasteiger charge is -2.30. The molecule has 1 saturated carbocycles. The van der Waals surface area contributed by atoms with Gasteiger partial charge >= 0.3 is 12.1 Å². The van der Waals surface area contributed by atoms with Crippen molar-refractivity contribution in [3.8, 4) is 0 Å². The van der Waals surface area contributed by atoms with Gasteiger partial charge in [-0.3, -0.25) is 9.59 Å². The number of carbonyl (C=O) groups is 3. The van der Waals surface area contributed by atoms with Crippen LogP contribution in [0.1, 0.15) is 44.6 Å². The summed E-state index contributed by atoms with van der Waals surface area (Å²) in [6.45, 7) is 2.02. The van der Waals surface area contributed by atoms with Crippen LogP contribution in [0.2, 0.25) is 0 Å². The summed E-state index contributed by atoms with van der Waals surface area (Å²) in [4.78, 5) is 35.0. The summed E-state index contributed by atoms with van der Waals surface area (Å²) in [5.74, 6) is -0.847. The molecule has 142 valence electrons. The lowest BCUT2D eigenvalue weighted by Crippen LogP contribution is -2.38. The van der Waals surface area contributed by atoms with E-state index in [1.54, 1.807) is 0 Å². The first-order valence-electron chi connectivity index (χ1n) is 8.79. The summed E-state index contributed by atoms with van der Waals surface area (Å²) in [7, 11) is 0. The van der Waals surface area contributed by atoms with Crippen LogP contribution in [-0.2, 0) is 20.9 Å². The number of carboxylic acid groups (broad SMARTS) is 1. The number of carboxylic acids is 1. The number of nitrogens with one attached hydrogen (secondary N) is 1. The molecule has 1 aromatic rings. The first-order chi connectivity index (χ1) is 12.4. The summed E-state index contributed by atoms with van der Waals surface area (Å²) in [5.41, 5.74) is 0.0221. The monoisotopic (exact) mass is 379 g/mol. The van der Waals surface area contributed by atoms with Gasteiger partial charge in [0.1, 0.15) is 6.61 Å². The van der Waals surface area contributed by atoms with E-state index in [-0.39, 0.29) is 17.0 Å². The quantitative estimate of drug-likeness (QED) is 0.671. The molecule has 1 amide bonds. The number of carbonyl (C=O) groups excluding carboxylic acids is 2. The molecule has 0 aliphatic heterocycles. The van der Waals surface area contributed by atoms with Crippen LogP contribution < -0.4 is 5.32 Å². The average molecular weight is 379 g/mol. The van der Waals surface area contributed by atoms with Crippen LogP contribution in [0.25, 0.3) is 0 Å². The van der Waals surface area contributed by atoms with E-state index < -0.39 is 17.5 Å². The van der Waals surface area contributed by atoms with Gasteiger partial charge in [0.15, 0.2) is 5.12 Å². The summed E-state index contributed by atoms with van der Waals surface area (Å²) >= 11 is 1.14. The standard InChI is InChI=1S/C19H25NO5S/c1-14(21)26-16-9-5-10-19(16,17(22)23)11-6-12-20-18(24)25-13-15-7-3-2-4-8-15/h2-4,7-8,16H,5-6,9-13H2,1H3,(H,20,24)(H,22,23). The van der Waals surface area contributed by atoms with Crippen LogP contribution in [0, 0.1) is 5.41 Å². The number of hydrogen-bond acceptors (Lipinski definition) is 5. The predicted octanol–water partition coefficient (Wildman–Crippen LogP) is 3.60. The molecular weight excluding hydrogens is 354 g/mol. The van der Waals surface area contributed by atoms with Crippen molar-refractivity contribution in [3.63, 3.8) is 0 Å². The molecule has 1 aliphatic carbocycles. The molecule has 2 atom stereocenters. The van der Waals surface area contributed by atoms with Crippen LogP contribution in [0.4, 0.5) is 4.79 Å². The van der Waals surface area contributed by atoms with E-state index in [2.05, 4.69) is 5.32 Å². The van der Waals surface area contributed by atoms with Crippen LogP contribution in [-0.4, -0.2) is 34.1 Å². The Balaban J connectivity index is 1.76. The van der Waals surface area contributed by atoms with Crippen molar-refractivity contribution in [2.24, 2.45) is 5.41 Å². The van der Waals surface area contributed by atoms with E-state index in [4.69, 9.17) is 4.74 Å². The largest absolute Gasteiger partial charge is 0.481 e. The lowest BCUT2D eigenvalue weighted by molar-refractivity contribution is -0.148. The number of ether oxygens (including phenoxy) is 1. The van der Waals surface area contributed by atoms with Crippen molar-refractivity contribution in [2.75, 3.05) is 6.54 Å². The van der Waals surface area contributed by atoms with Gasteiger partial charge in [0, 0.05) is 18.7 Å². The van der Waals surface area contributed by atoms with E-state index in [1.807, 2.05) is 30.3 Å². The van der Waals surface area contributed by atoms with Gasteiger partial charge in [0.05, 0.1) is 5.41 Å². The summed E-state index contributed by atoms with van der Waals surface area (Å²) in [6, 6.07) is 9.38. The molecule has 6 nitrogen and oxygen atoms in total. The molecule has 1 aromatic carbocycles. The van der Waals surface area contributed by atoms with Crippen LogP contribution in [0.15, 0.2) is 30.3 Å². The Morgan fingerprint density at radius 2 is 2.04 bits per heavy atom. The highest BCUT2D eigenvalue weighted by Crippen LogP contribution is 2.48. The number of amides is 1. The normalized spacial score (nSPS) is 22.0. The molecule has 1 aliphatic rings. The number of alkyl carbamates (subject to hydrolysis) is 1. The molecule has 0 aromatic heterocycles. The minimum absolute atomic E-state index is 0.0508. The minimum atomic E-state index is -0.883. The second-order valence-electron chi connectivity index (χ2n) is 6.54. The zero-order valence-corrected chi connectivity index (χ0v) is 15.7. The van der Waals surface area contributed by atoms with Crippen molar-refractivity contribution in [1.82, 2.24) is 5.32 Å². The van der Waals surface area contributed by atoms with Gasteiger partial charge < -0.3 is 15.2 Å². The van der Waals surface area contributed by atoms with Crippen molar-refractivity contribution in [1.29, 1.82) is 0 Å². The fourth-order valence-electron chi connectivity index (χ4n) is 3.42. The van der Waals surface area contributed by atoms with E-state index in [0.29, 0.717) is 25.8 Å². The smallest absolute Gasteiger partial charge is 0.407 e. The van der Waals surface area contributed by atoms with Gasteiger partial charge in [-0.15, -0.1) is 0 Å². The second kappa shape index (κ2) is 9.62. The maximum absolute atomic E-state index is 11.9. The molecule has 26 heavy (non-hydrogen) atoms. The van der Waals surface area contributed by atoms with Crippen molar-refractivity contribution in [3.05, 3.63) is 35.9 Å². The van der Waals surface area contributed by atoms with Gasteiger partial charge in [-0.25, -0.2) is 4.79 Å². The molecule has 1 fully saturated rings. The Labute approximate surface area is 157 Å². The fourth-order valence-corrected chi connectivity index (χ4v) is 4.67. The van der Waals surface area contributed by atoms with E-state index in [1.165, 1.54) is 6.92 Å². The van der Waals surface area contributed by atoms with E-state index >= 15 is 0 Å². The zero-order valence-electron chi connectivity index (χ0n) is 14.9. The number of rotatable bonds is 8. The highest BCUT2D eigenvalue weighted by atomic mass is 32.2. The van der Waals surface area contributed by atoms with Gasteiger partial charge in [-0.05, 0) is 31.2 Å². The third-order valence-electron chi connectivity index (χ3n) is 4.72. The molecule has 2 N–H and O–H groups in total. The predicted molar refractivity (Wildman–Crippen MR) is 99.8 cm³/mol. The molecule has 2 rings (SSSR count). The Morgan fingerprint density at radius 3 is 2.69 bits per heavy atom. The lowest BCUT2D eigenvalue weighted by atomic mass is 9.81. The SMILES string of the molecule is CC(=O)SC1CCCC1(CCCNC(=O)OCc1ccccc1)C(=O)O. The van der Waals surface area contributed by atoms with Gasteiger partial charge in [0.2, 0.25) is 0 Å². The van der Waals surface area contributed by atoms with E-state index in [9.17, 15) is 19.5 Å². The average Bonchev–Trinajstić information content (AvgIpc) is 3.01. The second-order valence-corrected chi connectivity index (χ2v) is 7.92. The molecule has 0 heterocycles. The Hall–Kier alpha value is -2.02. The van der Waals surface area contributed by atoms with Gasteiger partial charge in [-0.1, -0.05) is 48.5 Å². The number of benzene rings is 1. The maximum atomic E-state index is 11.9. The van der Waals surface area contributed by atoms with Crippen molar-refractivity contribution in [2.45, 2.75) is 50.9 Å². The first kappa shape index (κ1) is 20.3. The third-order valence-corrected chi connectivity index (χ3v) is 6.02. The zero-order chi connectivity index (χ0) is 19.0. The number of thioether (sulfide) groups is 1. The van der Waals surface area contributed by atoms with Gasteiger partial charge in [0.25, 0.3) is 0 Å². The van der Waals surface area contributed by atoms with Crippen molar-refractivity contribution >= 4 is 28.9 Å². The summed E-state index contributed by atoms with van der Waals surface area (Å²) in [5, 5.41) is 12.1. The summed E-state index contributed by atoms with van der Waals surface area (Å²) in [6.07, 6.45) is 2.58. The van der Waals surface area contributed by atoms with Crippen LogP contribution >= 0.6 is 11.8 Å². The Kier molecular flexibility index (Phi) is 7.50. The fraction of sp³-hybridized carbons (Fsp3) is 0.526. The molecule has 0 radical (unpaired) electrons. The molecule has 7 heteroatoms. The molecule has 0 bridgehead atoms. The minimum Gasteiger partial charge on any atom is -0.481 e.